The number of aromatic nitrogens is 2. The summed E-state index contributed by atoms with van der Waals surface area (Å²) < 4.78 is 5.21. The quantitative estimate of drug-likeness (QED) is 0.762. The smallest absolute Gasteiger partial charge is 0.136 e. The third kappa shape index (κ3) is 2.53. The van der Waals surface area contributed by atoms with E-state index in [0.29, 0.717) is 5.15 Å². The number of halogens is 1. The lowest BCUT2D eigenvalue weighted by Gasteiger charge is -2.17. The van der Waals surface area contributed by atoms with E-state index < -0.39 is 0 Å². The Morgan fingerprint density at radius 1 is 1.31 bits per heavy atom. The van der Waals surface area contributed by atoms with Crippen molar-refractivity contribution in [1.82, 2.24) is 9.97 Å². The van der Waals surface area contributed by atoms with Crippen LogP contribution in [0.3, 0.4) is 0 Å². The molecule has 1 atom stereocenters. The summed E-state index contributed by atoms with van der Waals surface area (Å²) in [5.74, 6) is 0.806. The normalized spacial score (nSPS) is 16.9. The number of ether oxygens (including phenoxy) is 1. The molecule has 0 amide bonds. The van der Waals surface area contributed by atoms with Crippen molar-refractivity contribution in [3.05, 3.63) is 22.2 Å². The Morgan fingerprint density at radius 2 is 2.06 bits per heavy atom. The fraction of sp³-hybridized carbons (Fsp3) is 0.667. The molecule has 2 rings (SSSR count). The van der Waals surface area contributed by atoms with Gasteiger partial charge in [-0.15, -0.1) is 0 Å². The van der Waals surface area contributed by atoms with Gasteiger partial charge in [0.1, 0.15) is 11.0 Å². The summed E-state index contributed by atoms with van der Waals surface area (Å²) in [5, 5.41) is 0.642. The Labute approximate surface area is 101 Å². The van der Waals surface area contributed by atoms with Gasteiger partial charge in [0.05, 0.1) is 6.10 Å². The molecule has 1 aliphatic carbocycles. The van der Waals surface area contributed by atoms with E-state index in [1.165, 1.54) is 12.8 Å². The average molecular weight is 241 g/mol. The zero-order valence-electron chi connectivity index (χ0n) is 9.79. The van der Waals surface area contributed by atoms with Gasteiger partial charge < -0.3 is 4.74 Å². The van der Waals surface area contributed by atoms with Crippen LogP contribution in [-0.4, -0.2) is 23.2 Å². The van der Waals surface area contributed by atoms with E-state index in [0.717, 1.165) is 36.3 Å². The number of rotatable bonds is 3. The monoisotopic (exact) mass is 240 g/mol. The first-order valence-corrected chi connectivity index (χ1v) is 6.15. The van der Waals surface area contributed by atoms with Crippen LogP contribution in [0.1, 0.15) is 36.8 Å². The van der Waals surface area contributed by atoms with Crippen molar-refractivity contribution in [3.8, 4) is 0 Å². The van der Waals surface area contributed by atoms with Crippen LogP contribution in [0, 0.1) is 0 Å². The predicted octanol–water partition coefficient (Wildman–Crippen LogP) is 2.59. The van der Waals surface area contributed by atoms with Crippen LogP contribution in [0.15, 0.2) is 0 Å². The van der Waals surface area contributed by atoms with Crippen molar-refractivity contribution >= 4 is 11.6 Å². The summed E-state index contributed by atoms with van der Waals surface area (Å²) in [5.41, 5.74) is 2.30. The molecule has 1 heterocycles. The van der Waals surface area contributed by atoms with E-state index in [-0.39, 0.29) is 6.10 Å². The summed E-state index contributed by atoms with van der Waals surface area (Å²) in [7, 11) is 1.70. The molecule has 0 saturated carbocycles. The second-order valence-corrected chi connectivity index (χ2v) is 4.67. The van der Waals surface area contributed by atoms with Gasteiger partial charge in [-0.2, -0.15) is 0 Å². The third-order valence-corrected chi connectivity index (χ3v) is 3.36. The highest BCUT2D eigenvalue weighted by atomic mass is 35.5. The fourth-order valence-corrected chi connectivity index (χ4v) is 2.33. The molecular weight excluding hydrogens is 224 g/mol. The SMILES string of the molecule is COC(C)Cc1nc(Cl)c2c(n1)CCCC2. The van der Waals surface area contributed by atoms with Crippen molar-refractivity contribution < 1.29 is 4.74 Å². The first-order chi connectivity index (χ1) is 7.70. The average Bonchev–Trinajstić information content (AvgIpc) is 2.29. The van der Waals surface area contributed by atoms with Crippen LogP contribution in [0.2, 0.25) is 5.15 Å². The molecule has 0 spiro atoms. The van der Waals surface area contributed by atoms with Crippen molar-refractivity contribution in [1.29, 1.82) is 0 Å². The molecular formula is C12H17ClN2O. The van der Waals surface area contributed by atoms with Crippen LogP contribution in [-0.2, 0) is 24.0 Å². The summed E-state index contributed by atoms with van der Waals surface area (Å²) in [6.07, 6.45) is 5.32. The second-order valence-electron chi connectivity index (χ2n) is 4.31. The van der Waals surface area contributed by atoms with Gasteiger partial charge in [0.25, 0.3) is 0 Å². The molecule has 0 fully saturated rings. The van der Waals surface area contributed by atoms with Gasteiger partial charge in [0.2, 0.25) is 0 Å². The van der Waals surface area contributed by atoms with Gasteiger partial charge in [-0.25, -0.2) is 9.97 Å². The molecule has 1 aliphatic rings. The fourth-order valence-electron chi connectivity index (χ4n) is 2.03. The zero-order chi connectivity index (χ0) is 11.5. The highest BCUT2D eigenvalue weighted by Crippen LogP contribution is 2.25. The highest BCUT2D eigenvalue weighted by molar-refractivity contribution is 6.30. The summed E-state index contributed by atoms with van der Waals surface area (Å²) in [6.45, 7) is 2.01. The zero-order valence-corrected chi connectivity index (χ0v) is 10.5. The Kier molecular flexibility index (Phi) is 3.77. The summed E-state index contributed by atoms with van der Waals surface area (Å²) in [6, 6.07) is 0. The standard InChI is InChI=1S/C12H17ClN2O/c1-8(16-2)7-11-14-10-6-4-3-5-9(10)12(13)15-11/h8H,3-7H2,1-2H3. The summed E-state index contributed by atoms with van der Waals surface area (Å²) in [4.78, 5) is 8.94. The van der Waals surface area contributed by atoms with E-state index in [2.05, 4.69) is 9.97 Å². The van der Waals surface area contributed by atoms with Gasteiger partial charge in [-0.05, 0) is 32.6 Å². The minimum Gasteiger partial charge on any atom is -0.381 e. The Balaban J connectivity index is 2.24. The van der Waals surface area contributed by atoms with E-state index in [1.54, 1.807) is 7.11 Å². The minimum absolute atomic E-state index is 0.137. The van der Waals surface area contributed by atoms with Crippen molar-refractivity contribution in [2.24, 2.45) is 0 Å². The maximum atomic E-state index is 6.18. The Hall–Kier alpha value is -0.670. The second kappa shape index (κ2) is 5.11. The van der Waals surface area contributed by atoms with Gasteiger partial charge in [-0.1, -0.05) is 11.6 Å². The maximum Gasteiger partial charge on any atom is 0.136 e. The molecule has 0 aromatic carbocycles. The Bertz CT molecular complexity index is 382. The molecule has 0 saturated heterocycles. The first-order valence-electron chi connectivity index (χ1n) is 5.77. The van der Waals surface area contributed by atoms with E-state index in [4.69, 9.17) is 16.3 Å². The molecule has 1 unspecified atom stereocenters. The lowest BCUT2D eigenvalue weighted by Crippen LogP contribution is -2.15. The number of hydrogen-bond donors (Lipinski definition) is 0. The molecule has 0 bridgehead atoms. The molecule has 3 nitrogen and oxygen atoms in total. The van der Waals surface area contributed by atoms with Crippen LogP contribution < -0.4 is 0 Å². The topological polar surface area (TPSA) is 35.0 Å². The molecule has 0 radical (unpaired) electrons. The number of hydrogen-bond acceptors (Lipinski definition) is 3. The van der Waals surface area contributed by atoms with Crippen LogP contribution in [0.25, 0.3) is 0 Å². The number of aryl methyl sites for hydroxylation is 1. The highest BCUT2D eigenvalue weighted by Gasteiger charge is 2.17. The largest absolute Gasteiger partial charge is 0.381 e. The molecule has 4 heteroatoms. The van der Waals surface area contributed by atoms with Gasteiger partial charge in [-0.3, -0.25) is 0 Å². The summed E-state index contributed by atoms with van der Waals surface area (Å²) >= 11 is 6.18. The molecule has 88 valence electrons. The lowest BCUT2D eigenvalue weighted by molar-refractivity contribution is 0.117. The van der Waals surface area contributed by atoms with Gasteiger partial charge >= 0.3 is 0 Å². The third-order valence-electron chi connectivity index (χ3n) is 3.05. The van der Waals surface area contributed by atoms with Gasteiger partial charge in [0, 0.05) is 24.8 Å². The van der Waals surface area contributed by atoms with E-state index >= 15 is 0 Å². The molecule has 1 aromatic heterocycles. The molecule has 0 N–H and O–H groups in total. The predicted molar refractivity (Wildman–Crippen MR) is 63.9 cm³/mol. The van der Waals surface area contributed by atoms with E-state index in [9.17, 15) is 0 Å². The molecule has 1 aromatic rings. The van der Waals surface area contributed by atoms with Crippen LogP contribution >= 0.6 is 11.6 Å². The molecule has 16 heavy (non-hydrogen) atoms. The van der Waals surface area contributed by atoms with Crippen LogP contribution in [0.5, 0.6) is 0 Å². The maximum absolute atomic E-state index is 6.18. The Morgan fingerprint density at radius 3 is 2.81 bits per heavy atom. The number of nitrogens with zero attached hydrogens (tertiary/aromatic N) is 2. The number of methoxy groups -OCH3 is 1. The van der Waals surface area contributed by atoms with Crippen molar-refractivity contribution in [3.63, 3.8) is 0 Å². The van der Waals surface area contributed by atoms with E-state index in [1.807, 2.05) is 6.92 Å². The minimum atomic E-state index is 0.137. The van der Waals surface area contributed by atoms with Crippen molar-refractivity contribution in [2.45, 2.75) is 45.1 Å². The van der Waals surface area contributed by atoms with Crippen LogP contribution in [0.4, 0.5) is 0 Å². The number of fused-ring (bicyclic) bond motifs is 1. The van der Waals surface area contributed by atoms with Crippen molar-refractivity contribution in [2.75, 3.05) is 7.11 Å². The molecule has 0 aliphatic heterocycles. The first kappa shape index (κ1) is 11.8. The lowest BCUT2D eigenvalue weighted by atomic mass is 9.97. The van der Waals surface area contributed by atoms with Gasteiger partial charge in [0.15, 0.2) is 0 Å².